The van der Waals surface area contributed by atoms with Crippen molar-refractivity contribution in [3.8, 4) is 5.69 Å². The molecule has 184 valence electrons. The molecule has 0 saturated heterocycles. The second-order valence-corrected chi connectivity index (χ2v) is 8.33. The molecular formula is C21H11F3N4O7S. The van der Waals surface area contributed by atoms with Crippen LogP contribution in [0.4, 0.5) is 19.1 Å². The molecule has 4 aromatic heterocycles. The van der Waals surface area contributed by atoms with Crippen molar-refractivity contribution >= 4 is 45.0 Å². The number of aromatic amines is 1. The summed E-state index contributed by atoms with van der Waals surface area (Å²) in [5, 5.41) is 23.6. The Kier molecular flexibility index (Phi) is 5.10. The third kappa shape index (κ3) is 3.56. The summed E-state index contributed by atoms with van der Waals surface area (Å²) >= 11 is 1.09. The Morgan fingerprint density at radius 1 is 1.17 bits per heavy atom. The number of halogens is 3. The molecule has 0 atom stereocenters. The van der Waals surface area contributed by atoms with Gasteiger partial charge in [0.1, 0.15) is 10.7 Å². The first-order valence-corrected chi connectivity index (χ1v) is 10.8. The van der Waals surface area contributed by atoms with Crippen molar-refractivity contribution in [2.24, 2.45) is 0 Å². The van der Waals surface area contributed by atoms with Gasteiger partial charge in [-0.05, 0) is 24.3 Å². The number of nitro groups is 1. The normalized spacial score (nSPS) is 12.0. The standard InChI is InChI=1S/C21H11F3N4O7S/c22-21(23,24)9-1-3-14-11(5-9)16(27-18(29)12-7-36-8-13(12)25-20(27)32)17(19(30)31)26(14)6-10-2-4-15(35-10)28(33)34/h1-5,7-8H,6H2,(H,25,32)(H,30,31). The van der Waals surface area contributed by atoms with Crippen molar-refractivity contribution in [1.82, 2.24) is 14.1 Å². The number of hydrogen-bond donors (Lipinski definition) is 2. The Morgan fingerprint density at radius 3 is 2.56 bits per heavy atom. The van der Waals surface area contributed by atoms with Crippen LogP contribution >= 0.6 is 11.3 Å². The average Bonchev–Trinajstić information content (AvgIpc) is 3.51. The van der Waals surface area contributed by atoms with E-state index in [9.17, 15) is 42.8 Å². The SMILES string of the molecule is O=C(O)c1c(-n2c(=O)[nH]c3cscc3c2=O)c2cc(C(F)(F)F)ccc2n1Cc1ccc([N+](=O)[O-])o1. The number of aromatic nitrogens is 3. The minimum absolute atomic E-state index is 0.0328. The Labute approximate surface area is 199 Å². The van der Waals surface area contributed by atoms with Crippen LogP contribution in [0.15, 0.2) is 55.1 Å². The molecular weight excluding hydrogens is 509 g/mol. The molecule has 36 heavy (non-hydrogen) atoms. The van der Waals surface area contributed by atoms with Crippen LogP contribution in [0.3, 0.4) is 0 Å². The van der Waals surface area contributed by atoms with E-state index >= 15 is 0 Å². The molecule has 1 aromatic carbocycles. The van der Waals surface area contributed by atoms with Gasteiger partial charge in [0, 0.05) is 16.1 Å². The lowest BCUT2D eigenvalue weighted by atomic mass is 10.1. The highest BCUT2D eigenvalue weighted by Gasteiger charge is 2.33. The first kappa shape index (κ1) is 23.1. The maximum absolute atomic E-state index is 13.5. The van der Waals surface area contributed by atoms with E-state index in [-0.39, 0.29) is 27.6 Å². The zero-order valence-corrected chi connectivity index (χ0v) is 18.3. The van der Waals surface area contributed by atoms with Crippen LogP contribution in [0.25, 0.3) is 27.5 Å². The summed E-state index contributed by atoms with van der Waals surface area (Å²) in [6.07, 6.45) is -4.81. The molecule has 11 nitrogen and oxygen atoms in total. The van der Waals surface area contributed by atoms with Gasteiger partial charge >= 0.3 is 23.7 Å². The summed E-state index contributed by atoms with van der Waals surface area (Å²) in [7, 11) is 0. The largest absolute Gasteiger partial charge is 0.477 e. The van der Waals surface area contributed by atoms with E-state index in [1.807, 2.05) is 0 Å². The molecule has 0 saturated carbocycles. The molecule has 0 fully saturated rings. The molecule has 0 aliphatic carbocycles. The van der Waals surface area contributed by atoms with Crippen LogP contribution in [-0.4, -0.2) is 30.1 Å². The number of carboxylic acid groups (broad SMARTS) is 1. The zero-order chi connectivity index (χ0) is 25.9. The summed E-state index contributed by atoms with van der Waals surface area (Å²) < 4.78 is 47.2. The lowest BCUT2D eigenvalue weighted by Gasteiger charge is -2.08. The first-order chi connectivity index (χ1) is 17.0. The molecule has 0 bridgehead atoms. The highest BCUT2D eigenvalue weighted by Crippen LogP contribution is 2.36. The topological polar surface area (TPSA) is 153 Å². The van der Waals surface area contributed by atoms with Gasteiger partial charge in [0.25, 0.3) is 5.56 Å². The van der Waals surface area contributed by atoms with Crippen molar-refractivity contribution in [1.29, 1.82) is 0 Å². The van der Waals surface area contributed by atoms with Gasteiger partial charge in [0.05, 0.1) is 40.3 Å². The van der Waals surface area contributed by atoms with E-state index in [1.54, 1.807) is 0 Å². The van der Waals surface area contributed by atoms with E-state index in [4.69, 9.17) is 4.42 Å². The number of rotatable bonds is 5. The lowest BCUT2D eigenvalue weighted by Crippen LogP contribution is -2.34. The predicted octanol–water partition coefficient (Wildman–Crippen LogP) is 3.96. The van der Waals surface area contributed by atoms with Crippen LogP contribution < -0.4 is 11.2 Å². The van der Waals surface area contributed by atoms with Gasteiger partial charge in [-0.15, -0.1) is 11.3 Å². The Hall–Kier alpha value is -4.66. The summed E-state index contributed by atoms with van der Waals surface area (Å²) in [5.41, 5.74) is -4.28. The van der Waals surface area contributed by atoms with Crippen LogP contribution in [-0.2, 0) is 12.7 Å². The number of alkyl halides is 3. The number of thiophene rings is 1. The van der Waals surface area contributed by atoms with E-state index in [0.717, 1.165) is 28.0 Å². The van der Waals surface area contributed by atoms with E-state index in [2.05, 4.69) is 4.98 Å². The fraction of sp³-hybridized carbons (Fsp3) is 0.0952. The maximum Gasteiger partial charge on any atom is 0.433 e. The maximum atomic E-state index is 13.5. The summed E-state index contributed by atoms with van der Waals surface area (Å²) in [5.74, 6) is -2.37. The van der Waals surface area contributed by atoms with Gasteiger partial charge < -0.3 is 19.1 Å². The van der Waals surface area contributed by atoms with Crippen molar-refractivity contribution in [2.75, 3.05) is 0 Å². The van der Waals surface area contributed by atoms with Gasteiger partial charge in [-0.1, -0.05) is 0 Å². The van der Waals surface area contributed by atoms with Crippen LogP contribution in [0, 0.1) is 10.1 Å². The summed E-state index contributed by atoms with van der Waals surface area (Å²) in [6.45, 7) is -0.454. The number of carboxylic acids is 1. The molecule has 5 rings (SSSR count). The van der Waals surface area contributed by atoms with Crippen molar-refractivity contribution in [3.63, 3.8) is 0 Å². The van der Waals surface area contributed by atoms with Crippen LogP contribution in [0.5, 0.6) is 0 Å². The zero-order valence-electron chi connectivity index (χ0n) is 17.5. The number of nitrogens with zero attached hydrogens (tertiary/aromatic N) is 3. The molecule has 2 N–H and O–H groups in total. The smallest absolute Gasteiger partial charge is 0.433 e. The number of hydrogen-bond acceptors (Lipinski definition) is 7. The van der Waals surface area contributed by atoms with Gasteiger partial charge in [0.15, 0.2) is 5.69 Å². The third-order valence-electron chi connectivity index (χ3n) is 5.47. The van der Waals surface area contributed by atoms with E-state index in [1.165, 1.54) is 16.8 Å². The Balaban J connectivity index is 1.89. The number of carbonyl (C=O) groups is 1. The summed E-state index contributed by atoms with van der Waals surface area (Å²) in [6, 6.07) is 4.59. The molecule has 15 heteroatoms. The third-order valence-corrected chi connectivity index (χ3v) is 6.22. The Morgan fingerprint density at radius 2 is 1.92 bits per heavy atom. The van der Waals surface area contributed by atoms with Gasteiger partial charge in [-0.3, -0.25) is 14.9 Å². The molecule has 0 aliphatic heterocycles. The number of aromatic carboxylic acids is 1. The van der Waals surface area contributed by atoms with Gasteiger partial charge in [-0.2, -0.15) is 13.2 Å². The number of fused-ring (bicyclic) bond motifs is 2. The van der Waals surface area contributed by atoms with Gasteiger partial charge in [-0.25, -0.2) is 14.2 Å². The highest BCUT2D eigenvalue weighted by molar-refractivity contribution is 7.09. The molecule has 0 radical (unpaired) electrons. The van der Waals surface area contributed by atoms with E-state index < -0.39 is 57.7 Å². The number of furan rings is 1. The number of H-pyrrole nitrogens is 1. The highest BCUT2D eigenvalue weighted by atomic mass is 32.1. The van der Waals surface area contributed by atoms with Crippen LogP contribution in [0.1, 0.15) is 21.8 Å². The molecule has 4 heterocycles. The molecule has 0 amide bonds. The predicted molar refractivity (Wildman–Crippen MR) is 120 cm³/mol. The minimum Gasteiger partial charge on any atom is -0.477 e. The van der Waals surface area contributed by atoms with Crippen molar-refractivity contribution < 1.29 is 32.4 Å². The second kappa shape index (κ2) is 7.94. The van der Waals surface area contributed by atoms with E-state index in [0.29, 0.717) is 16.7 Å². The number of benzene rings is 1. The number of nitrogens with one attached hydrogen (secondary N) is 1. The lowest BCUT2D eigenvalue weighted by molar-refractivity contribution is -0.402. The fourth-order valence-electron chi connectivity index (χ4n) is 3.97. The van der Waals surface area contributed by atoms with Crippen molar-refractivity contribution in [2.45, 2.75) is 12.7 Å². The quantitative estimate of drug-likeness (QED) is 0.263. The van der Waals surface area contributed by atoms with Crippen molar-refractivity contribution in [3.05, 3.63) is 89.1 Å². The average molecular weight is 520 g/mol. The molecule has 0 spiro atoms. The summed E-state index contributed by atoms with van der Waals surface area (Å²) in [4.78, 5) is 51.1. The first-order valence-electron chi connectivity index (χ1n) is 9.89. The molecule has 5 aromatic rings. The Bertz CT molecular complexity index is 1820. The second-order valence-electron chi connectivity index (χ2n) is 7.59. The van der Waals surface area contributed by atoms with Crippen LogP contribution in [0.2, 0.25) is 0 Å². The monoisotopic (exact) mass is 520 g/mol. The molecule has 0 aliphatic rings. The van der Waals surface area contributed by atoms with Gasteiger partial charge in [0.2, 0.25) is 0 Å². The minimum atomic E-state index is -4.81. The molecule has 0 unspecified atom stereocenters. The fourth-order valence-corrected chi connectivity index (χ4v) is 4.73.